The molecule has 1 saturated carbocycles. The smallest absolute Gasteiger partial charge is 0.342 e. The quantitative estimate of drug-likeness (QED) is 0.617. The van der Waals surface area contributed by atoms with Crippen LogP contribution in [-0.4, -0.2) is 40.8 Å². The van der Waals surface area contributed by atoms with Gasteiger partial charge in [0.05, 0.1) is 15.2 Å². The molecular formula is C16H19BrN4O4S. The number of nitrogens with zero attached hydrogens (tertiary/aromatic N) is 1. The number of nitrogens with one attached hydrogen (secondary N) is 3. The number of hydrazine groups is 1. The van der Waals surface area contributed by atoms with Crippen LogP contribution in [-0.2, 0) is 9.59 Å². The Morgan fingerprint density at radius 3 is 2.65 bits per heavy atom. The van der Waals surface area contributed by atoms with Crippen molar-refractivity contribution in [3.05, 3.63) is 20.8 Å². The molecule has 3 N–H and O–H groups in total. The number of halogens is 1. The lowest BCUT2D eigenvalue weighted by molar-refractivity contribution is -0.139. The van der Waals surface area contributed by atoms with E-state index in [1.807, 2.05) is 0 Å². The minimum absolute atomic E-state index is 0.338. The summed E-state index contributed by atoms with van der Waals surface area (Å²) in [7, 11) is 0. The van der Waals surface area contributed by atoms with Gasteiger partial charge in [0.25, 0.3) is 17.7 Å². The Balaban J connectivity index is 1.55. The number of carbonyl (C=O) groups is 4. The molecule has 0 bridgehead atoms. The first-order chi connectivity index (χ1) is 12.3. The number of amides is 5. The van der Waals surface area contributed by atoms with Gasteiger partial charge in [-0.05, 0) is 59.7 Å². The fraction of sp³-hybridized carbons (Fsp3) is 0.500. The Morgan fingerprint density at radius 1 is 1.35 bits per heavy atom. The second-order valence-electron chi connectivity index (χ2n) is 6.66. The lowest BCUT2D eigenvalue weighted by Crippen LogP contribution is -2.52. The molecule has 1 aliphatic heterocycles. The highest BCUT2D eigenvalue weighted by molar-refractivity contribution is 9.11. The first-order valence-corrected chi connectivity index (χ1v) is 9.91. The monoisotopic (exact) mass is 442 g/mol. The first-order valence-electron chi connectivity index (χ1n) is 8.30. The average molecular weight is 443 g/mol. The third-order valence-electron chi connectivity index (χ3n) is 4.73. The van der Waals surface area contributed by atoms with Gasteiger partial charge in [-0.2, -0.15) is 5.01 Å². The molecule has 0 atom stereocenters. The topological polar surface area (TPSA) is 108 Å². The average Bonchev–Trinajstić information content (AvgIpc) is 3.13. The van der Waals surface area contributed by atoms with Crippen molar-refractivity contribution in [2.24, 2.45) is 5.92 Å². The van der Waals surface area contributed by atoms with Crippen molar-refractivity contribution in [2.75, 3.05) is 6.54 Å². The van der Waals surface area contributed by atoms with E-state index < -0.39 is 29.3 Å². The molecule has 1 aliphatic carbocycles. The summed E-state index contributed by atoms with van der Waals surface area (Å²) >= 11 is 4.50. The van der Waals surface area contributed by atoms with Gasteiger partial charge in [0, 0.05) is 0 Å². The highest BCUT2D eigenvalue weighted by Gasteiger charge is 2.52. The van der Waals surface area contributed by atoms with Crippen molar-refractivity contribution in [1.82, 2.24) is 21.1 Å². The van der Waals surface area contributed by atoms with Crippen LogP contribution in [0.2, 0.25) is 0 Å². The van der Waals surface area contributed by atoms with Crippen LogP contribution in [0.1, 0.15) is 42.3 Å². The molecule has 0 radical (unpaired) electrons. The molecule has 8 nitrogen and oxygen atoms in total. The molecule has 1 aromatic heterocycles. The summed E-state index contributed by atoms with van der Waals surface area (Å²) in [6.45, 7) is 1.78. The number of thiophene rings is 1. The molecule has 5 amide bonds. The third-order valence-corrected chi connectivity index (χ3v) is 6.36. The fourth-order valence-electron chi connectivity index (χ4n) is 3.16. The van der Waals surface area contributed by atoms with E-state index in [-0.39, 0.29) is 6.54 Å². The van der Waals surface area contributed by atoms with E-state index in [0.29, 0.717) is 23.6 Å². The van der Waals surface area contributed by atoms with Crippen LogP contribution in [0.5, 0.6) is 0 Å². The lowest BCUT2D eigenvalue weighted by Gasteiger charge is -2.33. The van der Waals surface area contributed by atoms with Crippen LogP contribution >= 0.6 is 27.3 Å². The Labute approximate surface area is 162 Å². The number of hydrogen-bond donors (Lipinski definition) is 3. The number of rotatable bonds is 4. The van der Waals surface area contributed by atoms with Gasteiger partial charge in [0.1, 0.15) is 5.54 Å². The predicted octanol–water partition coefficient (Wildman–Crippen LogP) is 1.77. The predicted molar refractivity (Wildman–Crippen MR) is 98.2 cm³/mol. The summed E-state index contributed by atoms with van der Waals surface area (Å²) in [5, 5.41) is 5.91. The van der Waals surface area contributed by atoms with E-state index in [1.165, 1.54) is 11.3 Å². The van der Waals surface area contributed by atoms with Gasteiger partial charge >= 0.3 is 6.03 Å². The minimum atomic E-state index is -0.913. The zero-order valence-corrected chi connectivity index (χ0v) is 16.5. The summed E-state index contributed by atoms with van der Waals surface area (Å²) in [6, 6.07) is 2.73. The van der Waals surface area contributed by atoms with Gasteiger partial charge < -0.3 is 10.6 Å². The summed E-state index contributed by atoms with van der Waals surface area (Å²) in [6.07, 6.45) is 2.82. The first kappa shape index (κ1) is 18.8. The number of imide groups is 1. The second kappa shape index (κ2) is 7.36. The van der Waals surface area contributed by atoms with E-state index in [9.17, 15) is 19.2 Å². The Kier molecular flexibility index (Phi) is 5.33. The minimum Gasteiger partial charge on any atom is -0.342 e. The van der Waals surface area contributed by atoms with E-state index >= 15 is 0 Å². The maximum atomic E-state index is 12.6. The molecule has 10 heteroatoms. The van der Waals surface area contributed by atoms with Crippen molar-refractivity contribution in [1.29, 1.82) is 0 Å². The summed E-state index contributed by atoms with van der Waals surface area (Å²) in [5.41, 5.74) is 1.37. The summed E-state index contributed by atoms with van der Waals surface area (Å²) < 4.78 is 0.804. The fourth-order valence-corrected chi connectivity index (χ4v) is 4.47. The maximum Gasteiger partial charge on any atom is 0.344 e. The molecule has 3 rings (SSSR count). The highest BCUT2D eigenvalue weighted by atomic mass is 79.9. The van der Waals surface area contributed by atoms with Gasteiger partial charge in [-0.3, -0.25) is 19.8 Å². The number of carbonyl (C=O) groups excluding carboxylic acids is 4. The SMILES string of the molecule is CC1CCC2(CC1)NC(=O)N(NC(=O)CNC(=O)c1ccc(Br)s1)C2=O. The molecule has 2 aliphatic rings. The van der Waals surface area contributed by atoms with Crippen molar-refractivity contribution in [3.63, 3.8) is 0 Å². The van der Waals surface area contributed by atoms with Crippen molar-refractivity contribution in [2.45, 2.75) is 38.1 Å². The lowest BCUT2D eigenvalue weighted by atomic mass is 9.77. The van der Waals surface area contributed by atoms with E-state index in [1.54, 1.807) is 12.1 Å². The molecule has 2 heterocycles. The summed E-state index contributed by atoms with van der Waals surface area (Å²) in [4.78, 5) is 49.2. The van der Waals surface area contributed by atoms with Crippen molar-refractivity contribution >= 4 is 51.0 Å². The van der Waals surface area contributed by atoms with Gasteiger partial charge in [0.15, 0.2) is 0 Å². The van der Waals surface area contributed by atoms with E-state index in [2.05, 4.69) is 38.9 Å². The zero-order chi connectivity index (χ0) is 18.9. The number of hydrogen-bond acceptors (Lipinski definition) is 5. The molecule has 0 unspecified atom stereocenters. The second-order valence-corrected chi connectivity index (χ2v) is 9.12. The van der Waals surface area contributed by atoms with E-state index in [0.717, 1.165) is 21.6 Å². The number of urea groups is 1. The Hall–Kier alpha value is -1.94. The molecule has 2 fully saturated rings. The van der Waals surface area contributed by atoms with Crippen LogP contribution in [0.15, 0.2) is 15.9 Å². The Morgan fingerprint density at radius 2 is 2.04 bits per heavy atom. The molecular weight excluding hydrogens is 424 g/mol. The van der Waals surface area contributed by atoms with Gasteiger partial charge in [0.2, 0.25) is 0 Å². The highest BCUT2D eigenvalue weighted by Crippen LogP contribution is 2.35. The molecule has 26 heavy (non-hydrogen) atoms. The van der Waals surface area contributed by atoms with Crippen LogP contribution in [0.4, 0.5) is 4.79 Å². The Bertz CT molecular complexity index is 757. The van der Waals surface area contributed by atoms with Gasteiger partial charge in [-0.25, -0.2) is 4.79 Å². The van der Waals surface area contributed by atoms with Crippen molar-refractivity contribution < 1.29 is 19.2 Å². The normalized spacial score (nSPS) is 25.3. The van der Waals surface area contributed by atoms with Crippen LogP contribution in [0.25, 0.3) is 0 Å². The molecule has 0 aromatic carbocycles. The van der Waals surface area contributed by atoms with Crippen LogP contribution in [0.3, 0.4) is 0 Å². The van der Waals surface area contributed by atoms with E-state index in [4.69, 9.17) is 0 Å². The van der Waals surface area contributed by atoms with Gasteiger partial charge in [-0.1, -0.05) is 6.92 Å². The molecule has 1 aromatic rings. The summed E-state index contributed by atoms with van der Waals surface area (Å²) in [5.74, 6) is -0.956. The van der Waals surface area contributed by atoms with Crippen LogP contribution < -0.4 is 16.1 Å². The zero-order valence-electron chi connectivity index (χ0n) is 14.1. The standard InChI is InChI=1S/C16H19BrN4O4S/c1-9-4-6-16(7-5-9)14(24)21(15(25)19-16)20-12(22)8-18-13(23)10-2-3-11(17)26-10/h2-3,9H,4-8H2,1H3,(H,18,23)(H,19,25)(H,20,22). The molecule has 140 valence electrons. The molecule has 1 saturated heterocycles. The molecule has 1 spiro atoms. The maximum absolute atomic E-state index is 12.6. The third kappa shape index (κ3) is 3.75. The van der Waals surface area contributed by atoms with Crippen molar-refractivity contribution in [3.8, 4) is 0 Å². The largest absolute Gasteiger partial charge is 0.344 e. The van der Waals surface area contributed by atoms with Gasteiger partial charge in [-0.15, -0.1) is 11.3 Å². The van der Waals surface area contributed by atoms with Crippen LogP contribution in [0, 0.1) is 5.92 Å².